The molecule has 0 bridgehead atoms. The molecule has 1 aliphatic heterocycles. The molecule has 2 atom stereocenters. The van der Waals surface area contributed by atoms with Crippen molar-refractivity contribution in [3.8, 4) is 5.75 Å². The topological polar surface area (TPSA) is 21.8 Å². The average Bonchev–Trinajstić information content (AvgIpc) is 2.96. The molecule has 1 fully saturated rings. The van der Waals surface area contributed by atoms with Crippen molar-refractivity contribution in [2.75, 3.05) is 7.11 Å². The van der Waals surface area contributed by atoms with Crippen molar-refractivity contribution >= 4 is 0 Å². The molecule has 1 aliphatic carbocycles. The summed E-state index contributed by atoms with van der Waals surface area (Å²) in [4.78, 5) is 0. The lowest BCUT2D eigenvalue weighted by Gasteiger charge is -2.16. The zero-order chi connectivity index (χ0) is 9.71. The van der Waals surface area contributed by atoms with Crippen LogP contribution >= 0.6 is 0 Å². The van der Waals surface area contributed by atoms with Gasteiger partial charge in [0, 0.05) is 0 Å². The van der Waals surface area contributed by atoms with Crippen LogP contribution in [-0.4, -0.2) is 13.2 Å². The van der Waals surface area contributed by atoms with Gasteiger partial charge in [-0.05, 0) is 42.5 Å². The van der Waals surface area contributed by atoms with E-state index in [-0.39, 0.29) is 0 Å². The quantitative estimate of drug-likeness (QED) is 0.634. The molecular weight excluding hydrogens is 176 g/mol. The summed E-state index contributed by atoms with van der Waals surface area (Å²) in [6.45, 7) is 2.13. The molecule has 1 saturated heterocycles. The average molecular weight is 190 g/mol. The minimum absolute atomic E-state index is 0.369. The fourth-order valence-electron chi connectivity index (χ4n) is 2.51. The molecule has 14 heavy (non-hydrogen) atoms. The second-order valence-electron chi connectivity index (χ2n) is 4.10. The highest BCUT2D eigenvalue weighted by Crippen LogP contribution is 2.49. The summed E-state index contributed by atoms with van der Waals surface area (Å²) < 4.78 is 11.0. The highest BCUT2D eigenvalue weighted by molar-refractivity contribution is 5.48. The Balaban J connectivity index is 2.15. The number of methoxy groups -OCH3 is 1. The van der Waals surface area contributed by atoms with Crippen molar-refractivity contribution in [3.05, 3.63) is 28.8 Å². The number of aryl methyl sites for hydroxylation is 1. The fraction of sp³-hybridized carbons (Fsp3) is 0.500. The predicted molar refractivity (Wildman–Crippen MR) is 53.7 cm³/mol. The van der Waals surface area contributed by atoms with Crippen LogP contribution in [0.15, 0.2) is 12.1 Å². The molecule has 3 rings (SSSR count). The van der Waals surface area contributed by atoms with Crippen molar-refractivity contribution < 1.29 is 9.47 Å². The van der Waals surface area contributed by atoms with Crippen LogP contribution in [-0.2, 0) is 11.2 Å². The molecule has 74 valence electrons. The first-order valence-corrected chi connectivity index (χ1v) is 5.13. The number of hydrogen-bond donors (Lipinski definition) is 0. The number of epoxide rings is 1. The van der Waals surface area contributed by atoms with E-state index in [0.29, 0.717) is 12.2 Å². The fourth-order valence-corrected chi connectivity index (χ4v) is 2.51. The van der Waals surface area contributed by atoms with Crippen LogP contribution in [0.25, 0.3) is 0 Å². The summed E-state index contributed by atoms with van der Waals surface area (Å²) in [5.41, 5.74) is 4.10. The van der Waals surface area contributed by atoms with Gasteiger partial charge in [0.25, 0.3) is 0 Å². The van der Waals surface area contributed by atoms with Gasteiger partial charge in [-0.25, -0.2) is 0 Å². The van der Waals surface area contributed by atoms with E-state index >= 15 is 0 Å². The third-order valence-electron chi connectivity index (χ3n) is 3.34. The lowest BCUT2D eigenvalue weighted by Crippen LogP contribution is -2.07. The Hall–Kier alpha value is -1.02. The molecule has 0 N–H and O–H groups in total. The van der Waals surface area contributed by atoms with Crippen LogP contribution in [0.3, 0.4) is 0 Å². The number of hydrogen-bond acceptors (Lipinski definition) is 2. The van der Waals surface area contributed by atoms with Gasteiger partial charge in [-0.3, -0.25) is 0 Å². The van der Waals surface area contributed by atoms with Gasteiger partial charge < -0.3 is 9.47 Å². The molecule has 0 spiro atoms. The van der Waals surface area contributed by atoms with E-state index < -0.39 is 0 Å². The van der Waals surface area contributed by atoms with Gasteiger partial charge in [-0.2, -0.15) is 0 Å². The van der Waals surface area contributed by atoms with E-state index in [1.807, 2.05) is 0 Å². The van der Waals surface area contributed by atoms with E-state index in [0.717, 1.165) is 12.2 Å². The summed E-state index contributed by atoms with van der Waals surface area (Å²) in [7, 11) is 1.72. The molecule has 1 aromatic rings. The van der Waals surface area contributed by atoms with Gasteiger partial charge in [-0.15, -0.1) is 0 Å². The number of rotatable bonds is 1. The highest BCUT2D eigenvalue weighted by Gasteiger charge is 2.45. The van der Waals surface area contributed by atoms with E-state index in [2.05, 4.69) is 19.1 Å². The first kappa shape index (κ1) is 8.30. The number of benzene rings is 1. The van der Waals surface area contributed by atoms with Gasteiger partial charge in [0.2, 0.25) is 0 Å². The number of fused-ring (bicyclic) bond motifs is 3. The van der Waals surface area contributed by atoms with Crippen LogP contribution in [0.2, 0.25) is 0 Å². The lowest BCUT2D eigenvalue weighted by molar-refractivity contribution is 0.371. The standard InChI is InChI=1S/C12H14O2/c1-7-9(13-2)5-3-8-4-6-10-12(14-10)11(7)8/h3,5,10,12H,4,6H2,1-2H3. The Morgan fingerprint density at radius 2 is 2.29 bits per heavy atom. The van der Waals surface area contributed by atoms with Crippen molar-refractivity contribution in [1.29, 1.82) is 0 Å². The summed E-state index contributed by atoms with van der Waals surface area (Å²) >= 11 is 0. The molecule has 2 aliphatic rings. The molecule has 2 unspecified atom stereocenters. The van der Waals surface area contributed by atoms with Crippen molar-refractivity contribution in [1.82, 2.24) is 0 Å². The molecule has 0 saturated carbocycles. The summed E-state index contributed by atoms with van der Waals surface area (Å²) in [5, 5.41) is 0. The van der Waals surface area contributed by atoms with E-state index in [4.69, 9.17) is 9.47 Å². The lowest BCUT2D eigenvalue weighted by atomic mass is 9.88. The third kappa shape index (κ3) is 1.01. The van der Waals surface area contributed by atoms with Gasteiger partial charge in [0.15, 0.2) is 0 Å². The first-order valence-electron chi connectivity index (χ1n) is 5.13. The molecule has 0 radical (unpaired) electrons. The Kier molecular flexibility index (Phi) is 1.62. The SMILES string of the molecule is COc1ccc2c(c1C)C1OC1CC2. The van der Waals surface area contributed by atoms with Crippen LogP contribution in [0.1, 0.15) is 29.2 Å². The smallest absolute Gasteiger partial charge is 0.122 e. The maximum absolute atomic E-state index is 5.63. The Labute approximate surface area is 83.8 Å². The van der Waals surface area contributed by atoms with Crippen molar-refractivity contribution in [2.45, 2.75) is 32.0 Å². The highest BCUT2D eigenvalue weighted by atomic mass is 16.6. The minimum Gasteiger partial charge on any atom is -0.496 e. The second-order valence-corrected chi connectivity index (χ2v) is 4.10. The maximum Gasteiger partial charge on any atom is 0.122 e. The minimum atomic E-state index is 0.369. The van der Waals surface area contributed by atoms with Gasteiger partial charge in [0.1, 0.15) is 11.9 Å². The van der Waals surface area contributed by atoms with Gasteiger partial charge >= 0.3 is 0 Å². The Bertz CT molecular complexity index is 384. The number of ether oxygens (including phenoxy) is 2. The molecule has 0 aromatic heterocycles. The zero-order valence-corrected chi connectivity index (χ0v) is 8.54. The monoisotopic (exact) mass is 190 g/mol. The summed E-state index contributed by atoms with van der Waals surface area (Å²) in [5.74, 6) is 0.986. The molecule has 2 heteroatoms. The largest absolute Gasteiger partial charge is 0.496 e. The predicted octanol–water partition coefficient (Wildman–Crippen LogP) is 2.39. The van der Waals surface area contributed by atoms with E-state index in [9.17, 15) is 0 Å². The van der Waals surface area contributed by atoms with Crippen LogP contribution < -0.4 is 4.74 Å². The second kappa shape index (κ2) is 2.74. The van der Waals surface area contributed by atoms with E-state index in [1.54, 1.807) is 7.11 Å². The molecule has 0 amide bonds. The van der Waals surface area contributed by atoms with Crippen LogP contribution in [0, 0.1) is 6.92 Å². The van der Waals surface area contributed by atoms with Gasteiger partial charge in [-0.1, -0.05) is 6.07 Å². The van der Waals surface area contributed by atoms with Crippen LogP contribution in [0.4, 0.5) is 0 Å². The first-order chi connectivity index (χ1) is 6.81. The summed E-state index contributed by atoms with van der Waals surface area (Å²) in [6.07, 6.45) is 3.20. The third-order valence-corrected chi connectivity index (χ3v) is 3.34. The molecule has 1 heterocycles. The zero-order valence-electron chi connectivity index (χ0n) is 8.54. The van der Waals surface area contributed by atoms with Gasteiger partial charge in [0.05, 0.1) is 13.2 Å². The summed E-state index contributed by atoms with van der Waals surface area (Å²) in [6, 6.07) is 4.25. The molecular formula is C12H14O2. The molecule has 1 aromatic carbocycles. The van der Waals surface area contributed by atoms with Crippen molar-refractivity contribution in [2.24, 2.45) is 0 Å². The molecule has 2 nitrogen and oxygen atoms in total. The van der Waals surface area contributed by atoms with Crippen molar-refractivity contribution in [3.63, 3.8) is 0 Å². The maximum atomic E-state index is 5.63. The Morgan fingerprint density at radius 3 is 3.07 bits per heavy atom. The van der Waals surface area contributed by atoms with Crippen LogP contribution in [0.5, 0.6) is 5.75 Å². The Morgan fingerprint density at radius 1 is 1.43 bits per heavy atom. The van der Waals surface area contributed by atoms with E-state index in [1.165, 1.54) is 23.1 Å². The normalized spacial score (nSPS) is 27.9.